The third-order valence-corrected chi connectivity index (χ3v) is 9.47. The summed E-state index contributed by atoms with van der Waals surface area (Å²) in [5.41, 5.74) is 13.7. The summed E-state index contributed by atoms with van der Waals surface area (Å²) < 4.78 is 0. The van der Waals surface area contributed by atoms with Crippen molar-refractivity contribution in [1.29, 1.82) is 0 Å². The minimum absolute atomic E-state index is 0.155. The van der Waals surface area contributed by atoms with Crippen molar-refractivity contribution in [3.05, 3.63) is 229 Å². The number of benzene rings is 6. The van der Waals surface area contributed by atoms with E-state index in [9.17, 15) is 0 Å². The summed E-state index contributed by atoms with van der Waals surface area (Å²) in [6.07, 6.45) is 18.0. The number of allylic oxidation sites excluding steroid dienone is 11. The SMILES string of the molecule is C=C\C=C/C=C(/C1=C(C)\C=C/C=C/CC(c2ccc(-c3ccccc3)c3ccccc23)c2ccccc21)c1ccc(-c2ccccc2)cc1. The Balaban J connectivity index is 1.41. The van der Waals surface area contributed by atoms with Crippen LogP contribution in [0.4, 0.5) is 0 Å². The summed E-state index contributed by atoms with van der Waals surface area (Å²) in [4.78, 5) is 0. The monoisotopic (exact) mass is 628 g/mol. The Morgan fingerprint density at radius 1 is 0.571 bits per heavy atom. The van der Waals surface area contributed by atoms with Crippen molar-refractivity contribution >= 4 is 21.9 Å². The number of hydrogen-bond acceptors (Lipinski definition) is 0. The molecule has 1 unspecified atom stereocenters. The smallest absolute Gasteiger partial charge is 0.0136 e. The molecule has 0 heterocycles. The van der Waals surface area contributed by atoms with E-state index in [1.807, 2.05) is 12.2 Å². The summed E-state index contributed by atoms with van der Waals surface area (Å²) in [5.74, 6) is 0.155. The van der Waals surface area contributed by atoms with Crippen LogP contribution in [0.25, 0.3) is 44.2 Å². The number of fused-ring (bicyclic) bond motifs is 2. The van der Waals surface area contributed by atoms with Gasteiger partial charge in [0, 0.05) is 5.92 Å². The largest absolute Gasteiger partial charge is 0.0991 e. The Hall–Kier alpha value is -5.98. The maximum atomic E-state index is 3.94. The zero-order chi connectivity index (χ0) is 33.4. The van der Waals surface area contributed by atoms with Crippen LogP contribution >= 0.6 is 0 Å². The Kier molecular flexibility index (Phi) is 9.57. The first-order valence-corrected chi connectivity index (χ1v) is 17.1. The van der Waals surface area contributed by atoms with E-state index < -0.39 is 0 Å². The summed E-state index contributed by atoms with van der Waals surface area (Å²) in [6.45, 7) is 6.17. The average molecular weight is 629 g/mol. The normalized spacial score (nSPS) is 17.8. The summed E-state index contributed by atoms with van der Waals surface area (Å²) >= 11 is 0. The van der Waals surface area contributed by atoms with E-state index in [1.165, 1.54) is 72.0 Å². The van der Waals surface area contributed by atoms with Crippen molar-refractivity contribution in [2.24, 2.45) is 0 Å². The van der Waals surface area contributed by atoms with E-state index in [0.29, 0.717) is 0 Å². The molecule has 6 aromatic rings. The van der Waals surface area contributed by atoms with Crippen molar-refractivity contribution in [3.8, 4) is 22.3 Å². The van der Waals surface area contributed by atoms with Gasteiger partial charge in [0.05, 0.1) is 0 Å². The second-order valence-corrected chi connectivity index (χ2v) is 12.5. The first-order chi connectivity index (χ1) is 24.2. The molecule has 0 saturated heterocycles. The average Bonchev–Trinajstić information content (AvgIpc) is 3.16. The molecular formula is C49H40. The Bertz CT molecular complexity index is 2240. The van der Waals surface area contributed by atoms with E-state index in [4.69, 9.17) is 0 Å². The highest BCUT2D eigenvalue weighted by atomic mass is 14.3. The van der Waals surface area contributed by atoms with Gasteiger partial charge in [0.25, 0.3) is 0 Å². The van der Waals surface area contributed by atoms with Gasteiger partial charge in [-0.2, -0.15) is 0 Å². The lowest BCUT2D eigenvalue weighted by molar-refractivity contribution is 0.834. The zero-order valence-electron chi connectivity index (χ0n) is 28.0. The van der Waals surface area contributed by atoms with Crippen LogP contribution in [0.15, 0.2) is 206 Å². The summed E-state index contributed by atoms with van der Waals surface area (Å²) in [7, 11) is 0. The van der Waals surface area contributed by atoms with Gasteiger partial charge in [-0.1, -0.05) is 201 Å². The molecule has 0 radical (unpaired) electrons. The van der Waals surface area contributed by atoms with Crippen LogP contribution < -0.4 is 0 Å². The van der Waals surface area contributed by atoms with Gasteiger partial charge in [0.15, 0.2) is 0 Å². The Morgan fingerprint density at radius 3 is 1.98 bits per heavy atom. The fraction of sp³-hybridized carbons (Fsp3) is 0.0612. The van der Waals surface area contributed by atoms with Gasteiger partial charge in [0.1, 0.15) is 0 Å². The van der Waals surface area contributed by atoms with Crippen LogP contribution in [0.2, 0.25) is 0 Å². The molecular weight excluding hydrogens is 589 g/mol. The van der Waals surface area contributed by atoms with Gasteiger partial charge in [-0.3, -0.25) is 0 Å². The van der Waals surface area contributed by atoms with Gasteiger partial charge in [0.2, 0.25) is 0 Å². The quantitative estimate of drug-likeness (QED) is 0.154. The standard InChI is InChI=1S/C49H40/c1-3-4-8-24-42(40-32-30-38(31-33-40)37-20-10-6-11-21-37)49-36(2)19-9-5-14-25-45(46-28-17-18-29-48(46)49)47-35-34-41(39-22-12-7-13-23-39)43-26-15-16-27-44(43)47/h3-24,26-35,45H,1,25H2,2H3/b8-4-,14-5+,19-9-,42-24+,49-36+. The Morgan fingerprint density at radius 2 is 1.22 bits per heavy atom. The van der Waals surface area contributed by atoms with Gasteiger partial charge < -0.3 is 0 Å². The van der Waals surface area contributed by atoms with Crippen LogP contribution in [-0.4, -0.2) is 0 Å². The van der Waals surface area contributed by atoms with Crippen molar-refractivity contribution in [2.45, 2.75) is 19.3 Å². The lowest BCUT2D eigenvalue weighted by Gasteiger charge is -2.26. The molecule has 0 saturated carbocycles. The van der Waals surface area contributed by atoms with Crippen LogP contribution in [0.1, 0.15) is 41.5 Å². The minimum Gasteiger partial charge on any atom is -0.0991 e. The molecule has 0 spiro atoms. The lowest BCUT2D eigenvalue weighted by atomic mass is 9.78. The van der Waals surface area contributed by atoms with E-state index in [0.717, 1.165) is 6.42 Å². The summed E-state index contributed by atoms with van der Waals surface area (Å²) in [5, 5.41) is 2.58. The predicted molar refractivity (Wildman–Crippen MR) is 212 cm³/mol. The maximum Gasteiger partial charge on any atom is 0.0136 e. The first-order valence-electron chi connectivity index (χ1n) is 17.1. The van der Waals surface area contributed by atoms with E-state index in [1.54, 1.807) is 0 Å². The molecule has 1 aliphatic carbocycles. The molecule has 0 aliphatic heterocycles. The molecule has 0 N–H and O–H groups in total. The molecule has 49 heavy (non-hydrogen) atoms. The lowest BCUT2D eigenvalue weighted by Crippen LogP contribution is -2.07. The highest BCUT2D eigenvalue weighted by Crippen LogP contribution is 2.44. The molecule has 0 heteroatoms. The maximum absolute atomic E-state index is 3.94. The van der Waals surface area contributed by atoms with E-state index >= 15 is 0 Å². The fourth-order valence-electron chi connectivity index (χ4n) is 7.12. The molecule has 6 aromatic carbocycles. The van der Waals surface area contributed by atoms with Crippen LogP contribution in [0, 0.1) is 0 Å². The van der Waals surface area contributed by atoms with Gasteiger partial charge in [-0.05, 0) is 85.3 Å². The van der Waals surface area contributed by atoms with Crippen molar-refractivity contribution in [1.82, 2.24) is 0 Å². The number of rotatable bonds is 7. The minimum atomic E-state index is 0.155. The van der Waals surface area contributed by atoms with Crippen LogP contribution in [0.3, 0.4) is 0 Å². The number of hydrogen-bond donors (Lipinski definition) is 0. The third-order valence-electron chi connectivity index (χ3n) is 9.47. The molecule has 1 aliphatic rings. The van der Waals surface area contributed by atoms with Crippen LogP contribution in [0.5, 0.6) is 0 Å². The third kappa shape index (κ3) is 6.73. The van der Waals surface area contributed by atoms with Crippen LogP contribution in [-0.2, 0) is 0 Å². The highest BCUT2D eigenvalue weighted by Gasteiger charge is 2.24. The topological polar surface area (TPSA) is 0 Å². The summed E-state index contributed by atoms with van der Waals surface area (Å²) in [6, 6.07) is 52.9. The molecule has 0 bridgehead atoms. The Labute approximate surface area is 291 Å². The molecule has 0 fully saturated rings. The predicted octanol–water partition coefficient (Wildman–Crippen LogP) is 13.4. The van der Waals surface area contributed by atoms with Crippen molar-refractivity contribution in [3.63, 3.8) is 0 Å². The molecule has 0 nitrogen and oxygen atoms in total. The molecule has 7 rings (SSSR count). The molecule has 236 valence electrons. The fourth-order valence-corrected chi connectivity index (χ4v) is 7.12. The van der Waals surface area contributed by atoms with Gasteiger partial charge >= 0.3 is 0 Å². The van der Waals surface area contributed by atoms with Gasteiger partial charge in [-0.15, -0.1) is 0 Å². The zero-order valence-corrected chi connectivity index (χ0v) is 28.0. The van der Waals surface area contributed by atoms with Crippen molar-refractivity contribution in [2.75, 3.05) is 0 Å². The second-order valence-electron chi connectivity index (χ2n) is 12.5. The molecule has 1 atom stereocenters. The van der Waals surface area contributed by atoms with Crippen molar-refractivity contribution < 1.29 is 0 Å². The van der Waals surface area contributed by atoms with Gasteiger partial charge in [-0.25, -0.2) is 0 Å². The molecule has 0 aromatic heterocycles. The second kappa shape index (κ2) is 14.8. The van der Waals surface area contributed by atoms with E-state index in [-0.39, 0.29) is 5.92 Å². The van der Waals surface area contributed by atoms with E-state index in [2.05, 4.69) is 196 Å². The highest BCUT2D eigenvalue weighted by molar-refractivity contribution is 6.08. The first kappa shape index (κ1) is 31.6. The molecule has 0 amide bonds.